The van der Waals surface area contributed by atoms with Crippen molar-refractivity contribution in [3.63, 3.8) is 0 Å². The second-order valence-corrected chi connectivity index (χ2v) is 2.57. The Labute approximate surface area is 51.7 Å². The molecule has 47 valence electrons. The molecule has 1 aliphatic rings. The van der Waals surface area contributed by atoms with E-state index in [0.29, 0.717) is 0 Å². The lowest BCUT2D eigenvalue weighted by Crippen LogP contribution is -2.21. The summed E-state index contributed by atoms with van der Waals surface area (Å²) in [5, 5.41) is 0. The van der Waals surface area contributed by atoms with E-state index in [1.807, 2.05) is 0 Å². The number of rotatable bonds is 3. The Morgan fingerprint density at radius 2 is 2.25 bits per heavy atom. The first-order valence-corrected chi connectivity index (χ1v) is 3.34. The Bertz CT molecular complexity index is 66.8. The molecule has 0 spiro atoms. The molecule has 0 aromatic heterocycles. The van der Waals surface area contributed by atoms with E-state index in [-0.39, 0.29) is 0 Å². The summed E-state index contributed by atoms with van der Waals surface area (Å²) in [7, 11) is 2.18. The van der Waals surface area contributed by atoms with Crippen LogP contribution in [0.4, 0.5) is 0 Å². The van der Waals surface area contributed by atoms with Crippen molar-refractivity contribution in [3.05, 3.63) is 6.92 Å². The monoisotopic (exact) mass is 112 g/mol. The van der Waals surface area contributed by atoms with Gasteiger partial charge in [0.25, 0.3) is 0 Å². The smallest absolute Gasteiger partial charge is 0.00933 e. The zero-order valence-electron chi connectivity index (χ0n) is 5.56. The van der Waals surface area contributed by atoms with Gasteiger partial charge in [-0.25, -0.2) is 0 Å². The first kappa shape index (κ1) is 6.09. The van der Waals surface area contributed by atoms with Crippen LogP contribution >= 0.6 is 0 Å². The quantitative estimate of drug-likeness (QED) is 0.532. The molecule has 0 bridgehead atoms. The van der Waals surface area contributed by atoms with Gasteiger partial charge in [0, 0.05) is 6.04 Å². The SMILES string of the molecule is [CH2]CCN(C)C1CC1. The van der Waals surface area contributed by atoms with Crippen LogP contribution in [0.5, 0.6) is 0 Å². The predicted molar refractivity (Wildman–Crippen MR) is 35.6 cm³/mol. The second kappa shape index (κ2) is 2.49. The molecule has 0 unspecified atom stereocenters. The molecular formula is C7H14N. The summed E-state index contributed by atoms with van der Waals surface area (Å²) < 4.78 is 0. The summed E-state index contributed by atoms with van der Waals surface area (Å²) in [5.74, 6) is 0. The summed E-state index contributed by atoms with van der Waals surface area (Å²) in [6, 6.07) is 0.914. The summed E-state index contributed by atoms with van der Waals surface area (Å²) in [4.78, 5) is 2.40. The molecule has 0 N–H and O–H groups in total. The minimum absolute atomic E-state index is 0.914. The third-order valence-electron chi connectivity index (χ3n) is 1.68. The first-order valence-electron chi connectivity index (χ1n) is 3.34. The van der Waals surface area contributed by atoms with Gasteiger partial charge in [-0.15, -0.1) is 0 Å². The summed E-state index contributed by atoms with van der Waals surface area (Å²) in [6.45, 7) is 4.97. The average Bonchev–Trinajstić information content (AvgIpc) is 2.45. The lowest BCUT2D eigenvalue weighted by atomic mass is 10.4. The van der Waals surface area contributed by atoms with E-state index < -0.39 is 0 Å². The molecule has 1 saturated carbocycles. The van der Waals surface area contributed by atoms with Crippen molar-refractivity contribution in [2.45, 2.75) is 25.3 Å². The molecule has 0 aromatic carbocycles. The normalized spacial score (nSPS) is 19.9. The highest BCUT2D eigenvalue weighted by atomic mass is 15.1. The zero-order valence-corrected chi connectivity index (χ0v) is 5.56. The van der Waals surface area contributed by atoms with Gasteiger partial charge in [-0.1, -0.05) is 6.92 Å². The molecule has 0 saturated heterocycles. The van der Waals surface area contributed by atoms with Crippen LogP contribution < -0.4 is 0 Å². The van der Waals surface area contributed by atoms with Gasteiger partial charge in [-0.3, -0.25) is 0 Å². The number of nitrogens with zero attached hydrogens (tertiary/aromatic N) is 1. The van der Waals surface area contributed by atoms with Crippen molar-refractivity contribution in [2.24, 2.45) is 0 Å². The van der Waals surface area contributed by atoms with Gasteiger partial charge in [-0.05, 0) is 32.9 Å². The average molecular weight is 112 g/mol. The summed E-state index contributed by atoms with van der Waals surface area (Å²) in [5.41, 5.74) is 0. The fourth-order valence-electron chi connectivity index (χ4n) is 0.947. The Kier molecular flexibility index (Phi) is 1.90. The van der Waals surface area contributed by atoms with Crippen LogP contribution in [0.15, 0.2) is 0 Å². The maximum Gasteiger partial charge on any atom is 0.00933 e. The Hall–Kier alpha value is -0.0400. The van der Waals surface area contributed by atoms with Crippen molar-refractivity contribution in [1.82, 2.24) is 4.90 Å². The lowest BCUT2D eigenvalue weighted by Gasteiger charge is -2.12. The molecule has 1 nitrogen and oxygen atoms in total. The maximum atomic E-state index is 3.79. The Balaban J connectivity index is 2.03. The fourth-order valence-corrected chi connectivity index (χ4v) is 0.947. The van der Waals surface area contributed by atoms with Crippen LogP contribution in [0.2, 0.25) is 0 Å². The first-order chi connectivity index (χ1) is 3.84. The van der Waals surface area contributed by atoms with Crippen LogP contribution in [-0.4, -0.2) is 24.5 Å². The molecule has 0 atom stereocenters. The molecule has 1 radical (unpaired) electrons. The van der Waals surface area contributed by atoms with Crippen LogP contribution in [-0.2, 0) is 0 Å². The highest BCUT2D eigenvalue weighted by molar-refractivity contribution is 4.82. The third-order valence-corrected chi connectivity index (χ3v) is 1.68. The highest BCUT2D eigenvalue weighted by Gasteiger charge is 2.24. The molecule has 1 rings (SSSR count). The van der Waals surface area contributed by atoms with E-state index in [1.165, 1.54) is 19.4 Å². The van der Waals surface area contributed by atoms with Crippen LogP contribution in [0.25, 0.3) is 0 Å². The van der Waals surface area contributed by atoms with Crippen molar-refractivity contribution >= 4 is 0 Å². The van der Waals surface area contributed by atoms with Gasteiger partial charge in [0.1, 0.15) is 0 Å². The molecule has 0 amide bonds. The molecule has 0 aliphatic heterocycles. The van der Waals surface area contributed by atoms with Crippen LogP contribution in [0, 0.1) is 6.92 Å². The van der Waals surface area contributed by atoms with Gasteiger partial charge in [0.15, 0.2) is 0 Å². The van der Waals surface area contributed by atoms with E-state index in [2.05, 4.69) is 18.9 Å². The second-order valence-electron chi connectivity index (χ2n) is 2.57. The van der Waals surface area contributed by atoms with Crippen molar-refractivity contribution in [3.8, 4) is 0 Å². The van der Waals surface area contributed by atoms with E-state index in [4.69, 9.17) is 0 Å². The van der Waals surface area contributed by atoms with Crippen molar-refractivity contribution in [1.29, 1.82) is 0 Å². The number of hydrogen-bond acceptors (Lipinski definition) is 1. The predicted octanol–water partition coefficient (Wildman–Crippen LogP) is 1.30. The molecule has 1 aliphatic carbocycles. The molecule has 8 heavy (non-hydrogen) atoms. The molecule has 1 heteroatoms. The molecule has 0 heterocycles. The summed E-state index contributed by atoms with van der Waals surface area (Å²) in [6.07, 6.45) is 3.88. The Morgan fingerprint density at radius 1 is 1.62 bits per heavy atom. The Morgan fingerprint density at radius 3 is 2.62 bits per heavy atom. The van der Waals surface area contributed by atoms with Crippen molar-refractivity contribution in [2.75, 3.05) is 13.6 Å². The number of hydrogen-bond donors (Lipinski definition) is 0. The van der Waals surface area contributed by atoms with Crippen LogP contribution in [0.3, 0.4) is 0 Å². The van der Waals surface area contributed by atoms with Crippen molar-refractivity contribution < 1.29 is 0 Å². The van der Waals surface area contributed by atoms with Gasteiger partial charge in [0.2, 0.25) is 0 Å². The summed E-state index contributed by atoms with van der Waals surface area (Å²) >= 11 is 0. The minimum atomic E-state index is 0.914. The molecule has 1 fully saturated rings. The molecule has 0 aromatic rings. The van der Waals surface area contributed by atoms with Gasteiger partial charge in [0.05, 0.1) is 0 Å². The van der Waals surface area contributed by atoms with E-state index >= 15 is 0 Å². The fraction of sp³-hybridized carbons (Fsp3) is 0.857. The van der Waals surface area contributed by atoms with E-state index in [9.17, 15) is 0 Å². The minimum Gasteiger partial charge on any atom is -0.303 e. The lowest BCUT2D eigenvalue weighted by molar-refractivity contribution is 0.330. The standard InChI is InChI=1S/C7H14N/c1-3-6-8(2)7-4-5-7/h7H,1,3-6H2,2H3. The van der Waals surface area contributed by atoms with Gasteiger partial charge >= 0.3 is 0 Å². The largest absolute Gasteiger partial charge is 0.303 e. The third kappa shape index (κ3) is 1.48. The maximum absolute atomic E-state index is 3.79. The van der Waals surface area contributed by atoms with E-state index in [0.717, 1.165) is 12.5 Å². The van der Waals surface area contributed by atoms with Crippen LogP contribution in [0.1, 0.15) is 19.3 Å². The molecular weight excluding hydrogens is 98.1 g/mol. The topological polar surface area (TPSA) is 3.24 Å². The zero-order chi connectivity index (χ0) is 5.98. The van der Waals surface area contributed by atoms with E-state index in [1.54, 1.807) is 0 Å². The highest BCUT2D eigenvalue weighted by Crippen LogP contribution is 2.24. The van der Waals surface area contributed by atoms with Gasteiger partial charge in [-0.2, -0.15) is 0 Å². The van der Waals surface area contributed by atoms with Gasteiger partial charge < -0.3 is 4.90 Å².